The largest absolute Gasteiger partial charge is 0.451 e. The van der Waals surface area contributed by atoms with Crippen LogP contribution in [0.25, 0.3) is 0 Å². The highest BCUT2D eigenvalue weighted by Gasteiger charge is 2.22. The summed E-state index contributed by atoms with van der Waals surface area (Å²) in [6.07, 6.45) is -1.03. The number of halogens is 3. The van der Waals surface area contributed by atoms with E-state index in [-0.39, 0.29) is 11.3 Å². The van der Waals surface area contributed by atoms with Crippen LogP contribution >= 0.6 is 27.5 Å². The highest BCUT2D eigenvalue weighted by atomic mass is 79.9. The minimum atomic E-state index is -1.03. The first-order chi connectivity index (χ1) is 10.4. The maximum absolute atomic E-state index is 13.7. The first kappa shape index (κ1) is 16.6. The van der Waals surface area contributed by atoms with Crippen LogP contribution in [0.2, 0.25) is 5.02 Å². The Bertz CT molecular complexity index is 716. The number of ether oxygens (including phenoxy) is 1. The van der Waals surface area contributed by atoms with Gasteiger partial charge in [0.15, 0.2) is 6.10 Å². The summed E-state index contributed by atoms with van der Waals surface area (Å²) in [7, 11) is 0. The van der Waals surface area contributed by atoms with Crippen LogP contribution in [0, 0.1) is 5.82 Å². The number of carbonyl (C=O) groups excluding carboxylic acids is 2. The van der Waals surface area contributed by atoms with Crippen LogP contribution < -0.4 is 0 Å². The van der Waals surface area contributed by atoms with Crippen LogP contribution in [0.1, 0.15) is 27.6 Å². The Morgan fingerprint density at radius 1 is 1.18 bits per heavy atom. The molecule has 0 radical (unpaired) electrons. The van der Waals surface area contributed by atoms with Gasteiger partial charge < -0.3 is 4.74 Å². The molecule has 6 heteroatoms. The van der Waals surface area contributed by atoms with E-state index in [0.29, 0.717) is 15.1 Å². The van der Waals surface area contributed by atoms with Crippen molar-refractivity contribution in [2.24, 2.45) is 0 Å². The Kier molecular flexibility index (Phi) is 5.32. The van der Waals surface area contributed by atoms with Crippen LogP contribution in [0.15, 0.2) is 46.9 Å². The molecule has 0 saturated carbocycles. The molecule has 0 aliphatic rings. The van der Waals surface area contributed by atoms with Gasteiger partial charge in [-0.2, -0.15) is 0 Å². The first-order valence-electron chi connectivity index (χ1n) is 6.34. The van der Waals surface area contributed by atoms with Gasteiger partial charge in [0.2, 0.25) is 5.78 Å². The molecule has 0 fully saturated rings. The molecule has 2 rings (SSSR count). The number of hydrogen-bond donors (Lipinski definition) is 0. The zero-order valence-electron chi connectivity index (χ0n) is 11.5. The third kappa shape index (κ3) is 3.93. The van der Waals surface area contributed by atoms with Crippen LogP contribution in [0.4, 0.5) is 4.39 Å². The SMILES string of the molecule is C[C@@H](OC(=O)c1ccc(Br)cc1F)C(=O)c1ccc(Cl)cc1. The molecular weight excluding hydrogens is 375 g/mol. The van der Waals surface area contributed by atoms with E-state index < -0.39 is 17.9 Å². The molecule has 114 valence electrons. The fraction of sp³-hybridized carbons (Fsp3) is 0.125. The summed E-state index contributed by atoms with van der Waals surface area (Å²) in [4.78, 5) is 24.1. The zero-order chi connectivity index (χ0) is 16.3. The van der Waals surface area contributed by atoms with Gasteiger partial charge in [-0.1, -0.05) is 27.5 Å². The van der Waals surface area contributed by atoms with E-state index in [0.717, 1.165) is 6.07 Å². The maximum Gasteiger partial charge on any atom is 0.341 e. The minimum absolute atomic E-state index is 0.223. The van der Waals surface area contributed by atoms with E-state index in [2.05, 4.69) is 15.9 Å². The lowest BCUT2D eigenvalue weighted by atomic mass is 10.1. The number of benzene rings is 2. The predicted octanol–water partition coefficient (Wildman–Crippen LogP) is 4.67. The summed E-state index contributed by atoms with van der Waals surface area (Å²) in [5.74, 6) is -1.99. The lowest BCUT2D eigenvalue weighted by Gasteiger charge is -2.13. The molecule has 3 nitrogen and oxygen atoms in total. The molecule has 0 spiro atoms. The number of ketones is 1. The van der Waals surface area contributed by atoms with Gasteiger partial charge >= 0.3 is 5.97 Å². The molecule has 0 heterocycles. The van der Waals surface area contributed by atoms with Crippen LogP contribution in [-0.4, -0.2) is 17.9 Å². The summed E-state index contributed by atoms with van der Waals surface area (Å²) in [5.41, 5.74) is 0.139. The molecule has 0 amide bonds. The summed E-state index contributed by atoms with van der Waals surface area (Å²) in [6.45, 7) is 1.44. The van der Waals surface area contributed by atoms with Gasteiger partial charge in [-0.25, -0.2) is 9.18 Å². The summed E-state index contributed by atoms with van der Waals surface area (Å²) < 4.78 is 19.2. The Morgan fingerprint density at radius 3 is 2.41 bits per heavy atom. The fourth-order valence-electron chi connectivity index (χ4n) is 1.78. The quantitative estimate of drug-likeness (QED) is 0.567. The number of esters is 1. The number of Topliss-reactive ketones (excluding diaryl/α,β-unsaturated/α-hetero) is 1. The van der Waals surface area contributed by atoms with Crippen molar-refractivity contribution in [2.75, 3.05) is 0 Å². The molecule has 0 aromatic heterocycles. The Labute approximate surface area is 140 Å². The third-order valence-electron chi connectivity index (χ3n) is 2.93. The Morgan fingerprint density at radius 2 is 1.82 bits per heavy atom. The molecule has 2 aromatic rings. The number of hydrogen-bond acceptors (Lipinski definition) is 3. The van der Waals surface area contributed by atoms with E-state index in [4.69, 9.17) is 16.3 Å². The first-order valence-corrected chi connectivity index (χ1v) is 7.51. The van der Waals surface area contributed by atoms with Crippen molar-refractivity contribution in [2.45, 2.75) is 13.0 Å². The van der Waals surface area contributed by atoms with Gasteiger partial charge in [-0.05, 0) is 49.4 Å². The minimum Gasteiger partial charge on any atom is -0.451 e. The monoisotopic (exact) mass is 384 g/mol. The second-order valence-electron chi connectivity index (χ2n) is 4.54. The van der Waals surface area contributed by atoms with E-state index in [1.54, 1.807) is 12.1 Å². The number of carbonyl (C=O) groups is 2. The van der Waals surface area contributed by atoms with Gasteiger partial charge in [-0.15, -0.1) is 0 Å². The van der Waals surface area contributed by atoms with Crippen molar-refractivity contribution >= 4 is 39.3 Å². The molecule has 0 bridgehead atoms. The summed E-state index contributed by atoms with van der Waals surface area (Å²) in [6, 6.07) is 10.2. The van der Waals surface area contributed by atoms with Crippen molar-refractivity contribution in [1.82, 2.24) is 0 Å². The second kappa shape index (κ2) is 7.03. The fourth-order valence-corrected chi connectivity index (χ4v) is 2.24. The highest BCUT2D eigenvalue weighted by Crippen LogP contribution is 2.18. The molecule has 1 atom stereocenters. The molecule has 0 N–H and O–H groups in total. The topological polar surface area (TPSA) is 43.4 Å². The molecule has 22 heavy (non-hydrogen) atoms. The Hall–Kier alpha value is -1.72. The lowest BCUT2D eigenvalue weighted by molar-refractivity contribution is 0.0314. The average molecular weight is 386 g/mol. The van der Waals surface area contributed by atoms with Crippen molar-refractivity contribution in [3.05, 3.63) is 68.9 Å². The van der Waals surface area contributed by atoms with Crippen LogP contribution in [-0.2, 0) is 4.74 Å². The van der Waals surface area contributed by atoms with Crippen molar-refractivity contribution < 1.29 is 18.7 Å². The highest BCUT2D eigenvalue weighted by molar-refractivity contribution is 9.10. The summed E-state index contributed by atoms with van der Waals surface area (Å²) >= 11 is 8.85. The van der Waals surface area contributed by atoms with Gasteiger partial charge in [0.1, 0.15) is 5.82 Å². The molecule has 2 aromatic carbocycles. The average Bonchev–Trinajstić information content (AvgIpc) is 2.47. The Balaban J connectivity index is 2.10. The van der Waals surface area contributed by atoms with Gasteiger partial charge in [0.25, 0.3) is 0 Å². The van der Waals surface area contributed by atoms with Crippen molar-refractivity contribution in [1.29, 1.82) is 0 Å². The number of rotatable bonds is 4. The van der Waals surface area contributed by atoms with E-state index in [1.165, 1.54) is 31.2 Å². The lowest BCUT2D eigenvalue weighted by Crippen LogP contribution is -2.24. The van der Waals surface area contributed by atoms with Crippen molar-refractivity contribution in [3.8, 4) is 0 Å². The maximum atomic E-state index is 13.7. The van der Waals surface area contributed by atoms with E-state index in [1.807, 2.05) is 0 Å². The van der Waals surface area contributed by atoms with Crippen molar-refractivity contribution in [3.63, 3.8) is 0 Å². The smallest absolute Gasteiger partial charge is 0.341 e. The van der Waals surface area contributed by atoms with Crippen LogP contribution in [0.3, 0.4) is 0 Å². The summed E-state index contributed by atoms with van der Waals surface area (Å²) in [5, 5.41) is 0.498. The molecule has 0 saturated heterocycles. The standard InChI is InChI=1S/C16H11BrClFO3/c1-9(15(20)10-2-5-12(18)6-3-10)22-16(21)13-7-4-11(17)8-14(13)19/h2-9H,1H3/t9-/m1/s1. The van der Waals surface area contributed by atoms with Gasteiger partial charge in [0.05, 0.1) is 5.56 Å². The zero-order valence-corrected chi connectivity index (χ0v) is 13.8. The molecule has 0 unspecified atom stereocenters. The third-order valence-corrected chi connectivity index (χ3v) is 3.68. The molecule has 0 aliphatic heterocycles. The van der Waals surface area contributed by atoms with Gasteiger partial charge in [-0.3, -0.25) is 4.79 Å². The predicted molar refractivity (Wildman–Crippen MR) is 84.8 cm³/mol. The normalized spacial score (nSPS) is 11.8. The van der Waals surface area contributed by atoms with Gasteiger partial charge in [0, 0.05) is 15.1 Å². The van der Waals surface area contributed by atoms with E-state index in [9.17, 15) is 14.0 Å². The van der Waals surface area contributed by atoms with E-state index >= 15 is 0 Å². The second-order valence-corrected chi connectivity index (χ2v) is 5.89. The molecule has 0 aliphatic carbocycles. The van der Waals surface area contributed by atoms with Crippen LogP contribution in [0.5, 0.6) is 0 Å². The molecular formula is C16H11BrClFO3.